The van der Waals surface area contributed by atoms with E-state index in [0.717, 1.165) is 0 Å². The Balaban J connectivity index is 2.46. The van der Waals surface area contributed by atoms with Crippen LogP contribution in [0.1, 0.15) is 6.92 Å². The van der Waals surface area contributed by atoms with Crippen LogP contribution in [0, 0.1) is 0 Å². The summed E-state index contributed by atoms with van der Waals surface area (Å²) in [6, 6.07) is 0. The zero-order valence-electron chi connectivity index (χ0n) is 6.61. The van der Waals surface area contributed by atoms with Gasteiger partial charge in [-0.15, -0.1) is 0 Å². The molecule has 0 saturated carbocycles. The van der Waals surface area contributed by atoms with Crippen molar-refractivity contribution in [1.82, 2.24) is 19.9 Å². The summed E-state index contributed by atoms with van der Waals surface area (Å²) in [5.41, 5.74) is 1.26. The van der Waals surface area contributed by atoms with Crippen LogP contribution in [0.15, 0.2) is 12.5 Å². The maximum Gasteiger partial charge on any atom is 0.234 e. The molecule has 0 unspecified atom stereocenters. The van der Waals surface area contributed by atoms with Crippen LogP contribution in [-0.4, -0.2) is 26.5 Å². The van der Waals surface area contributed by atoms with Gasteiger partial charge in [0.05, 0.1) is 19.1 Å². The van der Waals surface area contributed by atoms with Crippen molar-refractivity contribution in [2.24, 2.45) is 0 Å². The first kappa shape index (κ1) is 7.02. The summed E-state index contributed by atoms with van der Waals surface area (Å²) in [7, 11) is 0. The number of hydrogen-bond donors (Lipinski definition) is 1. The molecule has 12 heavy (non-hydrogen) atoms. The lowest BCUT2D eigenvalue weighted by Gasteiger charge is -1.98. The lowest BCUT2D eigenvalue weighted by molar-refractivity contribution is 0.326. The average molecular weight is 164 g/mol. The number of rotatable bonds is 2. The van der Waals surface area contributed by atoms with Gasteiger partial charge in [0, 0.05) is 0 Å². The quantitative estimate of drug-likeness (QED) is 0.711. The lowest BCUT2D eigenvalue weighted by Crippen LogP contribution is -1.95. The van der Waals surface area contributed by atoms with Gasteiger partial charge in [0.1, 0.15) is 0 Å². The number of nitrogens with one attached hydrogen (secondary N) is 1. The Morgan fingerprint density at radius 3 is 3.25 bits per heavy atom. The van der Waals surface area contributed by atoms with Gasteiger partial charge in [-0.3, -0.25) is 0 Å². The molecule has 0 aliphatic carbocycles. The van der Waals surface area contributed by atoms with E-state index in [9.17, 15) is 0 Å². The SMILES string of the molecule is CCOc1cnc2[nH]cnc2n1. The summed E-state index contributed by atoms with van der Waals surface area (Å²) in [4.78, 5) is 15.0. The minimum absolute atomic E-state index is 0.511. The van der Waals surface area contributed by atoms with Gasteiger partial charge in [-0.25, -0.2) is 9.97 Å². The first-order valence-electron chi connectivity index (χ1n) is 3.69. The van der Waals surface area contributed by atoms with Crippen molar-refractivity contribution in [3.05, 3.63) is 12.5 Å². The van der Waals surface area contributed by atoms with Gasteiger partial charge in [0.2, 0.25) is 11.5 Å². The van der Waals surface area contributed by atoms with Crippen molar-refractivity contribution in [2.75, 3.05) is 6.61 Å². The minimum atomic E-state index is 0.511. The molecule has 0 atom stereocenters. The van der Waals surface area contributed by atoms with E-state index in [1.807, 2.05) is 6.92 Å². The maximum atomic E-state index is 5.16. The highest BCUT2D eigenvalue weighted by atomic mass is 16.5. The molecule has 2 aromatic rings. The smallest absolute Gasteiger partial charge is 0.234 e. The first-order valence-corrected chi connectivity index (χ1v) is 3.69. The van der Waals surface area contributed by atoms with E-state index in [1.165, 1.54) is 0 Å². The molecule has 2 heterocycles. The average Bonchev–Trinajstić information content (AvgIpc) is 2.51. The van der Waals surface area contributed by atoms with Gasteiger partial charge in [0.25, 0.3) is 0 Å². The molecular formula is C7H8N4O. The van der Waals surface area contributed by atoms with Crippen LogP contribution in [0.2, 0.25) is 0 Å². The van der Waals surface area contributed by atoms with Crippen molar-refractivity contribution in [2.45, 2.75) is 6.92 Å². The third-order valence-corrected chi connectivity index (χ3v) is 1.41. The number of fused-ring (bicyclic) bond motifs is 1. The normalized spacial score (nSPS) is 10.4. The molecule has 0 bridgehead atoms. The van der Waals surface area contributed by atoms with E-state index < -0.39 is 0 Å². The second-order valence-electron chi connectivity index (χ2n) is 2.22. The molecule has 2 rings (SSSR count). The predicted molar refractivity (Wildman–Crippen MR) is 42.9 cm³/mol. The largest absolute Gasteiger partial charge is 0.477 e. The van der Waals surface area contributed by atoms with E-state index in [1.54, 1.807) is 12.5 Å². The van der Waals surface area contributed by atoms with Crippen LogP contribution in [0.25, 0.3) is 11.3 Å². The van der Waals surface area contributed by atoms with Crippen molar-refractivity contribution in [3.8, 4) is 5.88 Å². The summed E-state index contributed by atoms with van der Waals surface area (Å²) in [6.07, 6.45) is 3.13. The topological polar surface area (TPSA) is 63.7 Å². The Morgan fingerprint density at radius 2 is 2.42 bits per heavy atom. The fraction of sp³-hybridized carbons (Fsp3) is 0.286. The molecule has 0 radical (unpaired) electrons. The van der Waals surface area contributed by atoms with E-state index >= 15 is 0 Å². The Labute approximate surface area is 68.8 Å². The number of aromatic nitrogens is 4. The van der Waals surface area contributed by atoms with E-state index in [4.69, 9.17) is 4.74 Å². The third-order valence-electron chi connectivity index (χ3n) is 1.41. The van der Waals surface area contributed by atoms with Crippen molar-refractivity contribution >= 4 is 11.3 Å². The highest BCUT2D eigenvalue weighted by molar-refractivity contribution is 5.64. The zero-order chi connectivity index (χ0) is 8.39. The fourth-order valence-electron chi connectivity index (χ4n) is 0.928. The summed E-state index contributed by atoms with van der Waals surface area (Å²) < 4.78 is 5.16. The van der Waals surface area contributed by atoms with Crippen LogP contribution in [0.3, 0.4) is 0 Å². The van der Waals surface area contributed by atoms with Gasteiger partial charge in [0.15, 0.2) is 5.65 Å². The number of ether oxygens (including phenoxy) is 1. The Kier molecular flexibility index (Phi) is 1.62. The molecule has 5 heteroatoms. The van der Waals surface area contributed by atoms with Crippen LogP contribution < -0.4 is 4.74 Å². The highest BCUT2D eigenvalue weighted by Crippen LogP contribution is 2.08. The van der Waals surface area contributed by atoms with Crippen molar-refractivity contribution < 1.29 is 4.74 Å². The van der Waals surface area contributed by atoms with E-state index in [-0.39, 0.29) is 0 Å². The van der Waals surface area contributed by atoms with Gasteiger partial charge < -0.3 is 9.72 Å². The third kappa shape index (κ3) is 1.09. The molecule has 5 nitrogen and oxygen atoms in total. The van der Waals surface area contributed by atoms with E-state index in [2.05, 4.69) is 19.9 Å². The molecule has 0 spiro atoms. The molecule has 2 aromatic heterocycles. The summed E-state index contributed by atoms with van der Waals surface area (Å²) in [5, 5.41) is 0. The number of imidazole rings is 1. The Hall–Kier alpha value is -1.65. The molecule has 62 valence electrons. The highest BCUT2D eigenvalue weighted by Gasteiger charge is 2.00. The molecule has 1 N–H and O–H groups in total. The lowest BCUT2D eigenvalue weighted by atomic mass is 10.6. The number of hydrogen-bond acceptors (Lipinski definition) is 4. The second kappa shape index (κ2) is 2.77. The summed E-state index contributed by atoms with van der Waals surface area (Å²) in [5.74, 6) is 0.511. The molecule has 0 aromatic carbocycles. The van der Waals surface area contributed by atoms with Gasteiger partial charge in [-0.2, -0.15) is 4.98 Å². The first-order chi connectivity index (χ1) is 5.90. The molecule has 0 saturated heterocycles. The van der Waals surface area contributed by atoms with Gasteiger partial charge in [-0.1, -0.05) is 0 Å². The summed E-state index contributed by atoms with van der Waals surface area (Å²) >= 11 is 0. The van der Waals surface area contributed by atoms with Crippen LogP contribution >= 0.6 is 0 Å². The predicted octanol–water partition coefficient (Wildman–Crippen LogP) is 0.752. The molecule has 0 fully saturated rings. The van der Waals surface area contributed by atoms with Crippen LogP contribution in [-0.2, 0) is 0 Å². The Bertz CT molecular complexity index is 384. The van der Waals surface area contributed by atoms with Crippen molar-refractivity contribution in [1.29, 1.82) is 0 Å². The van der Waals surface area contributed by atoms with Crippen molar-refractivity contribution in [3.63, 3.8) is 0 Å². The number of nitrogens with zero attached hydrogens (tertiary/aromatic N) is 3. The number of H-pyrrole nitrogens is 1. The standard InChI is InChI=1S/C7H8N4O/c1-2-12-5-3-8-6-7(11-5)10-4-9-6/h3-4H,2H2,1H3,(H,8,9,10,11). The van der Waals surface area contributed by atoms with Crippen LogP contribution in [0.4, 0.5) is 0 Å². The minimum Gasteiger partial charge on any atom is -0.477 e. The number of aromatic amines is 1. The Morgan fingerprint density at radius 1 is 1.50 bits per heavy atom. The molecule has 0 aliphatic rings. The fourth-order valence-corrected chi connectivity index (χ4v) is 0.928. The second-order valence-corrected chi connectivity index (χ2v) is 2.22. The maximum absolute atomic E-state index is 5.16. The van der Waals surface area contributed by atoms with E-state index in [0.29, 0.717) is 23.8 Å². The molecule has 0 aliphatic heterocycles. The van der Waals surface area contributed by atoms with Gasteiger partial charge >= 0.3 is 0 Å². The van der Waals surface area contributed by atoms with Gasteiger partial charge in [-0.05, 0) is 6.92 Å². The zero-order valence-corrected chi connectivity index (χ0v) is 6.61. The summed E-state index contributed by atoms with van der Waals surface area (Å²) in [6.45, 7) is 2.49. The molecular weight excluding hydrogens is 156 g/mol. The van der Waals surface area contributed by atoms with Crippen LogP contribution in [0.5, 0.6) is 5.88 Å². The monoisotopic (exact) mass is 164 g/mol. The molecule has 0 amide bonds.